The fourth-order valence-corrected chi connectivity index (χ4v) is 1.88. The zero-order valence-electron chi connectivity index (χ0n) is 9.34. The largest absolute Gasteiger partial charge is 0.496 e. The van der Waals surface area contributed by atoms with Crippen LogP contribution in [0.5, 0.6) is 11.5 Å². The van der Waals surface area contributed by atoms with Crippen LogP contribution in [0.4, 0.5) is 0 Å². The van der Waals surface area contributed by atoms with Gasteiger partial charge in [0.05, 0.1) is 32.1 Å². The van der Waals surface area contributed by atoms with Crippen LogP contribution in [0.3, 0.4) is 0 Å². The van der Waals surface area contributed by atoms with Gasteiger partial charge in [-0.25, -0.2) is 0 Å². The van der Waals surface area contributed by atoms with Crippen molar-refractivity contribution in [2.45, 2.75) is 0 Å². The van der Waals surface area contributed by atoms with Crippen molar-refractivity contribution < 1.29 is 14.3 Å². The summed E-state index contributed by atoms with van der Waals surface area (Å²) in [7, 11) is 3.01. The Balaban J connectivity index is 2.53. The third kappa shape index (κ3) is 2.12. The van der Waals surface area contributed by atoms with Crippen LogP contribution in [0.25, 0.3) is 0 Å². The molecule has 0 aliphatic carbocycles. The van der Waals surface area contributed by atoms with Gasteiger partial charge in [-0.3, -0.25) is 4.79 Å². The first-order chi connectivity index (χ1) is 8.27. The summed E-state index contributed by atoms with van der Waals surface area (Å²) in [6, 6.07) is 5.17. The van der Waals surface area contributed by atoms with Crippen LogP contribution in [0.15, 0.2) is 24.4 Å². The van der Waals surface area contributed by atoms with Crippen LogP contribution in [-0.4, -0.2) is 28.7 Å². The Hall–Kier alpha value is -1.95. The minimum atomic E-state index is -0.256. The number of ketones is 1. The van der Waals surface area contributed by atoms with E-state index in [1.54, 1.807) is 18.2 Å². The van der Waals surface area contributed by atoms with E-state index >= 15 is 0 Å². The monoisotopic (exact) mass is 250 g/mol. The summed E-state index contributed by atoms with van der Waals surface area (Å²) in [5.41, 5.74) is 0.656. The molecule has 0 bridgehead atoms. The van der Waals surface area contributed by atoms with Gasteiger partial charge in [0, 0.05) is 0 Å². The van der Waals surface area contributed by atoms with E-state index in [-0.39, 0.29) is 11.5 Å². The average Bonchev–Trinajstić information content (AvgIpc) is 2.90. The zero-order valence-corrected chi connectivity index (χ0v) is 10.2. The van der Waals surface area contributed by atoms with Gasteiger partial charge in [-0.05, 0) is 12.1 Å². The summed E-state index contributed by atoms with van der Waals surface area (Å²) in [5, 5.41) is 0. The van der Waals surface area contributed by atoms with Crippen molar-refractivity contribution >= 4 is 17.5 Å². The molecule has 2 rings (SSSR count). The Labute approximate surface area is 102 Å². The number of hydrogen-bond acceptors (Lipinski definition) is 6. The molecule has 1 aromatic carbocycles. The number of hydrogen-bond donors (Lipinski definition) is 0. The molecule has 0 radical (unpaired) electrons. The minimum Gasteiger partial charge on any atom is -0.496 e. The fraction of sp³-hybridized carbons (Fsp3) is 0.182. The van der Waals surface area contributed by atoms with E-state index in [4.69, 9.17) is 9.47 Å². The van der Waals surface area contributed by atoms with Crippen LogP contribution in [0, 0.1) is 0 Å². The molecule has 0 saturated carbocycles. The molecule has 5 nitrogen and oxygen atoms in total. The molecule has 0 spiro atoms. The minimum absolute atomic E-state index is 0.256. The Morgan fingerprint density at radius 2 is 1.88 bits per heavy atom. The van der Waals surface area contributed by atoms with E-state index in [0.29, 0.717) is 17.1 Å². The summed E-state index contributed by atoms with van der Waals surface area (Å²) in [6.45, 7) is 0. The lowest BCUT2D eigenvalue weighted by Gasteiger charge is -2.10. The predicted octanol–water partition coefficient (Wildman–Crippen LogP) is 1.79. The van der Waals surface area contributed by atoms with Crippen molar-refractivity contribution in [2.24, 2.45) is 0 Å². The maximum Gasteiger partial charge on any atom is 0.221 e. The van der Waals surface area contributed by atoms with Crippen molar-refractivity contribution in [3.63, 3.8) is 0 Å². The third-order valence-electron chi connectivity index (χ3n) is 2.25. The summed E-state index contributed by atoms with van der Waals surface area (Å²) >= 11 is 0.987. The number of methoxy groups -OCH3 is 2. The molecule has 1 heterocycles. The molecule has 0 aliphatic rings. The molecule has 6 heteroatoms. The maximum absolute atomic E-state index is 12.2. The van der Waals surface area contributed by atoms with E-state index in [1.807, 2.05) is 0 Å². The third-order valence-corrected chi connectivity index (χ3v) is 2.73. The maximum atomic E-state index is 12.2. The standard InChI is InChI=1S/C11H10N2O3S/c1-15-8-4-3-5-9(16-2)10(8)11(14)7-6-12-17-13-7/h3-6H,1-2H3. The summed E-state index contributed by atoms with van der Waals surface area (Å²) < 4.78 is 18.0. The van der Waals surface area contributed by atoms with Crippen molar-refractivity contribution in [2.75, 3.05) is 14.2 Å². The summed E-state index contributed by atoms with van der Waals surface area (Å²) in [6.07, 6.45) is 1.43. The first-order valence-electron chi connectivity index (χ1n) is 4.81. The van der Waals surface area contributed by atoms with Crippen molar-refractivity contribution in [3.05, 3.63) is 35.7 Å². The second-order valence-corrected chi connectivity index (χ2v) is 3.72. The van der Waals surface area contributed by atoms with Crippen molar-refractivity contribution in [1.29, 1.82) is 0 Å². The Bertz CT molecular complexity index is 503. The number of carbonyl (C=O) groups is 1. The summed E-state index contributed by atoms with van der Waals surface area (Å²) in [5.74, 6) is 0.665. The fourth-order valence-electron chi connectivity index (χ4n) is 1.47. The Morgan fingerprint density at radius 3 is 2.35 bits per heavy atom. The molecule has 0 N–H and O–H groups in total. The van der Waals surface area contributed by atoms with Gasteiger partial charge in [0.25, 0.3) is 0 Å². The Kier molecular flexibility index (Phi) is 3.34. The van der Waals surface area contributed by atoms with E-state index < -0.39 is 0 Å². The molecular weight excluding hydrogens is 240 g/mol. The van der Waals surface area contributed by atoms with Gasteiger partial charge in [-0.2, -0.15) is 8.75 Å². The highest BCUT2D eigenvalue weighted by atomic mass is 32.1. The molecule has 0 atom stereocenters. The van der Waals surface area contributed by atoms with Gasteiger partial charge >= 0.3 is 0 Å². The lowest BCUT2D eigenvalue weighted by molar-refractivity contribution is 0.102. The van der Waals surface area contributed by atoms with Gasteiger partial charge in [-0.15, -0.1) is 0 Å². The molecule has 0 saturated heterocycles. The van der Waals surface area contributed by atoms with Crippen molar-refractivity contribution in [1.82, 2.24) is 8.75 Å². The number of carbonyl (C=O) groups excluding carboxylic acids is 1. The van der Waals surface area contributed by atoms with Crippen molar-refractivity contribution in [3.8, 4) is 11.5 Å². The SMILES string of the molecule is COc1cccc(OC)c1C(=O)c1cnsn1. The van der Waals surface area contributed by atoms with Crippen LogP contribution in [0.1, 0.15) is 16.1 Å². The molecule has 0 aliphatic heterocycles. The van der Waals surface area contributed by atoms with Crippen LogP contribution in [0.2, 0.25) is 0 Å². The van der Waals surface area contributed by atoms with Gasteiger partial charge in [-0.1, -0.05) is 6.07 Å². The highest BCUT2D eigenvalue weighted by Gasteiger charge is 2.21. The van der Waals surface area contributed by atoms with Gasteiger partial charge < -0.3 is 9.47 Å². The molecule has 0 amide bonds. The molecule has 88 valence electrons. The van der Waals surface area contributed by atoms with Gasteiger partial charge in [0.1, 0.15) is 22.8 Å². The van der Waals surface area contributed by atoms with E-state index in [1.165, 1.54) is 20.4 Å². The molecule has 1 aromatic heterocycles. The lowest BCUT2D eigenvalue weighted by atomic mass is 10.1. The van der Waals surface area contributed by atoms with Gasteiger partial charge in [0.2, 0.25) is 5.78 Å². The number of aromatic nitrogens is 2. The second-order valence-electron chi connectivity index (χ2n) is 3.16. The molecule has 0 unspecified atom stereocenters. The number of ether oxygens (including phenoxy) is 2. The molecular formula is C11H10N2O3S. The lowest BCUT2D eigenvalue weighted by Crippen LogP contribution is -2.06. The molecule has 0 fully saturated rings. The normalized spacial score (nSPS) is 10.0. The second kappa shape index (κ2) is 4.92. The quantitative estimate of drug-likeness (QED) is 0.774. The van der Waals surface area contributed by atoms with Crippen LogP contribution < -0.4 is 9.47 Å². The smallest absolute Gasteiger partial charge is 0.221 e. The van der Waals surface area contributed by atoms with Crippen LogP contribution in [-0.2, 0) is 0 Å². The van der Waals surface area contributed by atoms with Gasteiger partial charge in [0.15, 0.2) is 0 Å². The molecule has 2 aromatic rings. The topological polar surface area (TPSA) is 61.3 Å². The van der Waals surface area contributed by atoms with E-state index in [2.05, 4.69) is 8.75 Å². The van der Waals surface area contributed by atoms with E-state index in [0.717, 1.165) is 11.7 Å². The summed E-state index contributed by atoms with van der Waals surface area (Å²) in [4.78, 5) is 12.2. The number of benzene rings is 1. The predicted molar refractivity (Wildman–Crippen MR) is 62.9 cm³/mol. The first kappa shape index (κ1) is 11.5. The Morgan fingerprint density at radius 1 is 1.24 bits per heavy atom. The molecule has 17 heavy (non-hydrogen) atoms. The first-order valence-corrected chi connectivity index (χ1v) is 5.54. The number of nitrogens with zero attached hydrogens (tertiary/aromatic N) is 2. The number of rotatable bonds is 4. The highest BCUT2D eigenvalue weighted by molar-refractivity contribution is 6.99. The van der Waals surface area contributed by atoms with Crippen LogP contribution >= 0.6 is 11.7 Å². The average molecular weight is 250 g/mol. The highest BCUT2D eigenvalue weighted by Crippen LogP contribution is 2.30. The van der Waals surface area contributed by atoms with E-state index in [9.17, 15) is 4.79 Å². The zero-order chi connectivity index (χ0) is 12.3.